The van der Waals surface area contributed by atoms with E-state index in [0.29, 0.717) is 12.5 Å². The van der Waals surface area contributed by atoms with E-state index in [1.54, 1.807) is 0 Å². The van der Waals surface area contributed by atoms with E-state index < -0.39 is 5.60 Å². The highest BCUT2D eigenvalue weighted by atomic mass is 16.3. The molecule has 2 rings (SSSR count). The molecule has 1 atom stereocenters. The molecule has 0 bridgehead atoms. The summed E-state index contributed by atoms with van der Waals surface area (Å²) in [5.74, 6) is 1.35. The van der Waals surface area contributed by atoms with Gasteiger partial charge in [-0.3, -0.25) is 0 Å². The van der Waals surface area contributed by atoms with Crippen LogP contribution >= 0.6 is 0 Å². The summed E-state index contributed by atoms with van der Waals surface area (Å²) in [5, 5.41) is 11.4. The van der Waals surface area contributed by atoms with Gasteiger partial charge in [0.05, 0.1) is 5.60 Å². The average Bonchev–Trinajstić information content (AvgIpc) is 2.49. The Labute approximate surface area is 125 Å². The Hall–Kier alpha value is -0.0800. The van der Waals surface area contributed by atoms with E-state index in [1.807, 2.05) is 0 Å². The third-order valence-corrected chi connectivity index (χ3v) is 6.62. The number of hydrogen-bond acceptors (Lipinski definition) is 2. The third kappa shape index (κ3) is 3.06. The maximum Gasteiger partial charge on any atom is 0.0715 e. The maximum atomic E-state index is 11.4. The first kappa shape index (κ1) is 16.3. The molecule has 0 aromatic carbocycles. The van der Waals surface area contributed by atoms with E-state index >= 15 is 0 Å². The van der Waals surface area contributed by atoms with Gasteiger partial charge in [-0.25, -0.2) is 0 Å². The summed E-state index contributed by atoms with van der Waals surface area (Å²) in [6.07, 6.45) is 13.8. The van der Waals surface area contributed by atoms with Gasteiger partial charge in [-0.2, -0.15) is 0 Å². The molecule has 0 aromatic heterocycles. The van der Waals surface area contributed by atoms with Crippen LogP contribution in [0.2, 0.25) is 0 Å². The third-order valence-electron chi connectivity index (χ3n) is 6.62. The lowest BCUT2D eigenvalue weighted by Crippen LogP contribution is -2.57. The Morgan fingerprint density at radius 1 is 1.10 bits per heavy atom. The first-order valence-electron chi connectivity index (χ1n) is 8.98. The zero-order chi connectivity index (χ0) is 14.6. The summed E-state index contributed by atoms with van der Waals surface area (Å²) in [4.78, 5) is 0. The van der Waals surface area contributed by atoms with Crippen molar-refractivity contribution in [3.05, 3.63) is 0 Å². The van der Waals surface area contributed by atoms with Crippen LogP contribution in [0.1, 0.15) is 84.5 Å². The molecule has 2 heteroatoms. The van der Waals surface area contributed by atoms with Crippen LogP contribution in [0.15, 0.2) is 0 Å². The summed E-state index contributed by atoms with van der Waals surface area (Å²) >= 11 is 0. The molecule has 0 saturated heterocycles. The van der Waals surface area contributed by atoms with Gasteiger partial charge in [0.1, 0.15) is 0 Å². The summed E-state index contributed by atoms with van der Waals surface area (Å²) in [7, 11) is 0. The minimum absolute atomic E-state index is 0.0146. The smallest absolute Gasteiger partial charge is 0.0715 e. The van der Waals surface area contributed by atoms with Crippen LogP contribution in [0.25, 0.3) is 0 Å². The quantitative estimate of drug-likeness (QED) is 0.791. The maximum absolute atomic E-state index is 11.4. The molecule has 3 N–H and O–H groups in total. The Kier molecular flexibility index (Phi) is 5.53. The highest BCUT2D eigenvalue weighted by molar-refractivity contribution is 5.03. The Bertz CT molecular complexity index is 286. The number of nitrogens with two attached hydrogens (primary N) is 1. The first-order valence-corrected chi connectivity index (χ1v) is 8.98. The molecular weight excluding hydrogens is 246 g/mol. The van der Waals surface area contributed by atoms with Gasteiger partial charge in [-0.1, -0.05) is 39.0 Å². The molecular formula is C18H35NO. The van der Waals surface area contributed by atoms with Crippen molar-refractivity contribution in [2.24, 2.45) is 23.0 Å². The second kappa shape index (κ2) is 6.79. The Balaban J connectivity index is 2.06. The molecule has 2 saturated carbocycles. The zero-order valence-electron chi connectivity index (χ0n) is 13.7. The second-order valence-corrected chi connectivity index (χ2v) is 7.70. The fourth-order valence-corrected chi connectivity index (χ4v) is 4.94. The summed E-state index contributed by atoms with van der Waals surface area (Å²) in [6, 6.07) is 0. The van der Waals surface area contributed by atoms with Crippen molar-refractivity contribution in [2.75, 3.05) is 6.54 Å². The van der Waals surface area contributed by atoms with E-state index in [0.717, 1.165) is 18.8 Å². The highest BCUT2D eigenvalue weighted by Crippen LogP contribution is 2.52. The van der Waals surface area contributed by atoms with Gasteiger partial charge in [0.15, 0.2) is 0 Å². The van der Waals surface area contributed by atoms with Crippen molar-refractivity contribution >= 4 is 0 Å². The van der Waals surface area contributed by atoms with E-state index in [2.05, 4.69) is 13.8 Å². The Morgan fingerprint density at radius 2 is 1.70 bits per heavy atom. The van der Waals surface area contributed by atoms with Gasteiger partial charge in [-0.15, -0.1) is 0 Å². The molecule has 2 aliphatic carbocycles. The van der Waals surface area contributed by atoms with Gasteiger partial charge in [0, 0.05) is 12.0 Å². The van der Waals surface area contributed by atoms with Crippen LogP contribution in [0.4, 0.5) is 0 Å². The fourth-order valence-electron chi connectivity index (χ4n) is 4.94. The molecule has 1 unspecified atom stereocenters. The number of aliphatic hydroxyl groups is 1. The monoisotopic (exact) mass is 281 g/mol. The summed E-state index contributed by atoms with van der Waals surface area (Å²) in [6.45, 7) is 5.05. The van der Waals surface area contributed by atoms with E-state index in [1.165, 1.54) is 57.8 Å². The molecule has 0 radical (unpaired) electrons. The largest absolute Gasteiger partial charge is 0.389 e. The van der Waals surface area contributed by atoms with Crippen molar-refractivity contribution in [3.8, 4) is 0 Å². The Morgan fingerprint density at radius 3 is 2.20 bits per heavy atom. The normalized spacial score (nSPS) is 35.7. The molecule has 0 heterocycles. The van der Waals surface area contributed by atoms with Crippen molar-refractivity contribution in [2.45, 2.75) is 90.1 Å². The van der Waals surface area contributed by atoms with Gasteiger partial charge in [-0.05, 0) is 57.3 Å². The lowest BCUT2D eigenvalue weighted by atomic mass is 9.56. The molecule has 2 nitrogen and oxygen atoms in total. The lowest BCUT2D eigenvalue weighted by molar-refractivity contribution is -0.138. The molecule has 0 spiro atoms. The van der Waals surface area contributed by atoms with Crippen LogP contribution < -0.4 is 5.73 Å². The first-order chi connectivity index (χ1) is 9.55. The topological polar surface area (TPSA) is 46.2 Å². The van der Waals surface area contributed by atoms with E-state index in [9.17, 15) is 5.11 Å². The van der Waals surface area contributed by atoms with Gasteiger partial charge >= 0.3 is 0 Å². The number of rotatable bonds is 5. The van der Waals surface area contributed by atoms with Gasteiger partial charge in [0.2, 0.25) is 0 Å². The predicted octanol–water partition coefficient (Wildman–Crippen LogP) is 4.25. The highest BCUT2D eigenvalue weighted by Gasteiger charge is 2.51. The minimum atomic E-state index is -0.556. The lowest BCUT2D eigenvalue weighted by Gasteiger charge is -2.53. The van der Waals surface area contributed by atoms with Gasteiger partial charge in [0.25, 0.3) is 0 Å². The van der Waals surface area contributed by atoms with Crippen molar-refractivity contribution < 1.29 is 5.11 Å². The molecule has 20 heavy (non-hydrogen) atoms. The molecule has 0 amide bonds. The fraction of sp³-hybridized carbons (Fsp3) is 1.00. The van der Waals surface area contributed by atoms with Crippen molar-refractivity contribution in [3.63, 3.8) is 0 Å². The molecule has 2 aliphatic rings. The minimum Gasteiger partial charge on any atom is -0.389 e. The number of hydrogen-bond donors (Lipinski definition) is 2. The molecule has 0 aromatic rings. The second-order valence-electron chi connectivity index (χ2n) is 7.70. The van der Waals surface area contributed by atoms with Crippen LogP contribution in [0.5, 0.6) is 0 Å². The van der Waals surface area contributed by atoms with Crippen LogP contribution in [0, 0.1) is 17.3 Å². The van der Waals surface area contributed by atoms with Gasteiger partial charge < -0.3 is 10.8 Å². The van der Waals surface area contributed by atoms with Crippen LogP contribution in [-0.4, -0.2) is 17.3 Å². The van der Waals surface area contributed by atoms with Crippen LogP contribution in [0.3, 0.4) is 0 Å². The van der Waals surface area contributed by atoms with Crippen LogP contribution in [-0.2, 0) is 0 Å². The average molecular weight is 281 g/mol. The molecule has 118 valence electrons. The summed E-state index contributed by atoms with van der Waals surface area (Å²) in [5.41, 5.74) is 5.62. The van der Waals surface area contributed by atoms with Crippen molar-refractivity contribution in [1.82, 2.24) is 0 Å². The van der Waals surface area contributed by atoms with E-state index in [-0.39, 0.29) is 5.41 Å². The molecule has 0 aliphatic heterocycles. The standard InChI is InChI=1S/C18H35NO/c1-3-7-15-10-12-18(14-19,13-11-15)17(2,20)16-8-5-4-6-9-16/h15-16,20H,3-14,19H2,1-2H3. The zero-order valence-corrected chi connectivity index (χ0v) is 13.7. The predicted molar refractivity (Wildman–Crippen MR) is 85.6 cm³/mol. The van der Waals surface area contributed by atoms with E-state index in [4.69, 9.17) is 5.73 Å². The van der Waals surface area contributed by atoms with Crippen molar-refractivity contribution in [1.29, 1.82) is 0 Å². The SMILES string of the molecule is CCCC1CCC(CN)(C(C)(O)C2CCCCC2)CC1. The molecule has 2 fully saturated rings. The summed E-state index contributed by atoms with van der Waals surface area (Å²) < 4.78 is 0.